The number of nitrogens with zero attached hydrogens (tertiary/aromatic N) is 5. The third-order valence-corrected chi connectivity index (χ3v) is 6.58. The number of carbonyl (C=O) groups is 1. The van der Waals surface area contributed by atoms with Crippen molar-refractivity contribution in [1.29, 1.82) is 0 Å². The van der Waals surface area contributed by atoms with Gasteiger partial charge in [-0.1, -0.05) is 12.5 Å². The van der Waals surface area contributed by atoms with Gasteiger partial charge in [0.25, 0.3) is 0 Å². The number of aryl methyl sites for hydroxylation is 1. The fourth-order valence-corrected chi connectivity index (χ4v) is 4.45. The van der Waals surface area contributed by atoms with Gasteiger partial charge in [0, 0.05) is 64.1 Å². The van der Waals surface area contributed by atoms with E-state index in [9.17, 15) is 4.79 Å². The first-order valence-electron chi connectivity index (χ1n) is 10.5. The highest BCUT2D eigenvalue weighted by molar-refractivity contribution is 5.78. The predicted octanol–water partition coefficient (Wildman–Crippen LogP) is 1.60. The summed E-state index contributed by atoms with van der Waals surface area (Å²) in [5, 5.41) is 0. The summed E-state index contributed by atoms with van der Waals surface area (Å²) in [6.45, 7) is 11.5. The van der Waals surface area contributed by atoms with Crippen LogP contribution >= 0.6 is 0 Å². The van der Waals surface area contributed by atoms with E-state index in [0.717, 1.165) is 57.7 Å². The molecule has 0 N–H and O–H groups in total. The molecule has 1 amide bonds. The van der Waals surface area contributed by atoms with Crippen LogP contribution in [0.5, 0.6) is 0 Å². The number of aromatic nitrogens is 1. The molecule has 148 valence electrons. The average molecular weight is 372 g/mol. The van der Waals surface area contributed by atoms with Crippen LogP contribution in [0.3, 0.4) is 0 Å². The van der Waals surface area contributed by atoms with Gasteiger partial charge >= 0.3 is 0 Å². The topological polar surface area (TPSA) is 42.9 Å². The summed E-state index contributed by atoms with van der Waals surface area (Å²) >= 11 is 0. The Labute approximate surface area is 163 Å². The molecule has 1 aliphatic carbocycles. The highest BCUT2D eigenvalue weighted by Crippen LogP contribution is 2.25. The zero-order valence-corrected chi connectivity index (χ0v) is 16.8. The Morgan fingerprint density at radius 3 is 2.48 bits per heavy atom. The molecule has 6 heteroatoms. The molecule has 2 aliphatic heterocycles. The Bertz CT molecular complexity index is 636. The summed E-state index contributed by atoms with van der Waals surface area (Å²) in [6.07, 6.45) is 6.02. The molecule has 27 heavy (non-hydrogen) atoms. The number of hydrogen-bond donors (Lipinski definition) is 0. The predicted molar refractivity (Wildman–Crippen MR) is 108 cm³/mol. The molecule has 0 radical (unpaired) electrons. The van der Waals surface area contributed by atoms with Crippen molar-refractivity contribution in [2.45, 2.75) is 45.2 Å². The van der Waals surface area contributed by atoms with E-state index < -0.39 is 0 Å². The van der Waals surface area contributed by atoms with Crippen LogP contribution in [0.1, 0.15) is 31.7 Å². The van der Waals surface area contributed by atoms with Crippen LogP contribution in [-0.2, 0) is 4.79 Å². The zero-order valence-electron chi connectivity index (χ0n) is 16.8. The lowest BCUT2D eigenvalue weighted by Crippen LogP contribution is -2.58. The summed E-state index contributed by atoms with van der Waals surface area (Å²) in [7, 11) is 0. The third kappa shape index (κ3) is 4.27. The Morgan fingerprint density at radius 2 is 1.89 bits per heavy atom. The monoisotopic (exact) mass is 371 g/mol. The van der Waals surface area contributed by atoms with Gasteiger partial charge < -0.3 is 9.80 Å². The van der Waals surface area contributed by atoms with Gasteiger partial charge in [-0.05, 0) is 38.3 Å². The van der Waals surface area contributed by atoms with Gasteiger partial charge in [0.15, 0.2) is 0 Å². The fourth-order valence-electron chi connectivity index (χ4n) is 4.45. The van der Waals surface area contributed by atoms with Gasteiger partial charge in [0.2, 0.25) is 5.91 Å². The minimum atomic E-state index is 0.303. The second-order valence-corrected chi connectivity index (χ2v) is 8.46. The standard InChI is InChI=1S/C21H33N5O/c1-17-6-7-20(22-14-17)26-13-12-25(18(2)15-26)16-21(27)24-10-8-23(9-11-24)19-4-3-5-19/h6-7,14,18-19H,3-5,8-13,15-16H2,1-2H3. The molecule has 1 aromatic rings. The van der Waals surface area contributed by atoms with E-state index in [4.69, 9.17) is 0 Å². The number of piperazine rings is 2. The first kappa shape index (κ1) is 18.7. The molecule has 1 unspecified atom stereocenters. The Hall–Kier alpha value is -1.66. The van der Waals surface area contributed by atoms with Gasteiger partial charge in [0.05, 0.1) is 6.54 Å². The largest absolute Gasteiger partial charge is 0.354 e. The summed E-state index contributed by atoms with van der Waals surface area (Å²) in [5.74, 6) is 1.35. The maximum atomic E-state index is 12.8. The fraction of sp³-hybridized carbons (Fsp3) is 0.714. The Balaban J connectivity index is 1.25. The SMILES string of the molecule is Cc1ccc(N2CCN(CC(=O)N3CCN(C4CCC4)CC3)C(C)C2)nc1. The minimum absolute atomic E-state index is 0.303. The van der Waals surface area contributed by atoms with E-state index in [2.05, 4.69) is 50.6 Å². The molecule has 3 heterocycles. The molecule has 6 nitrogen and oxygen atoms in total. The van der Waals surface area contributed by atoms with Gasteiger partial charge in [0.1, 0.15) is 5.82 Å². The maximum absolute atomic E-state index is 12.8. The Kier molecular flexibility index (Phi) is 5.64. The van der Waals surface area contributed by atoms with E-state index in [1.807, 2.05) is 6.20 Å². The summed E-state index contributed by atoms with van der Waals surface area (Å²) in [4.78, 5) is 26.7. The average Bonchev–Trinajstić information content (AvgIpc) is 2.63. The van der Waals surface area contributed by atoms with E-state index in [-0.39, 0.29) is 0 Å². The molecule has 0 aromatic carbocycles. The second-order valence-electron chi connectivity index (χ2n) is 8.46. The number of anilines is 1. The molecule has 2 saturated heterocycles. The molecule has 4 rings (SSSR count). The molecule has 1 atom stereocenters. The van der Waals surface area contributed by atoms with Crippen molar-refractivity contribution in [2.24, 2.45) is 0 Å². The van der Waals surface area contributed by atoms with Crippen molar-refractivity contribution in [1.82, 2.24) is 19.7 Å². The van der Waals surface area contributed by atoms with E-state index in [1.165, 1.54) is 24.8 Å². The molecule has 3 aliphatic rings. The quantitative estimate of drug-likeness (QED) is 0.804. The highest BCUT2D eigenvalue weighted by atomic mass is 16.2. The Morgan fingerprint density at radius 1 is 1.11 bits per heavy atom. The van der Waals surface area contributed by atoms with Crippen molar-refractivity contribution < 1.29 is 4.79 Å². The number of carbonyl (C=O) groups excluding carboxylic acids is 1. The van der Waals surface area contributed by atoms with Crippen molar-refractivity contribution in [3.63, 3.8) is 0 Å². The minimum Gasteiger partial charge on any atom is -0.354 e. The van der Waals surface area contributed by atoms with Gasteiger partial charge in [-0.15, -0.1) is 0 Å². The molecule has 3 fully saturated rings. The van der Waals surface area contributed by atoms with Crippen LogP contribution in [0.2, 0.25) is 0 Å². The molecule has 1 saturated carbocycles. The van der Waals surface area contributed by atoms with Gasteiger partial charge in [-0.25, -0.2) is 4.98 Å². The van der Waals surface area contributed by atoms with Gasteiger partial charge in [-0.3, -0.25) is 14.6 Å². The number of pyridine rings is 1. The van der Waals surface area contributed by atoms with E-state index in [1.54, 1.807) is 0 Å². The van der Waals surface area contributed by atoms with E-state index >= 15 is 0 Å². The zero-order chi connectivity index (χ0) is 18.8. The van der Waals surface area contributed by atoms with Crippen LogP contribution in [0.4, 0.5) is 5.82 Å². The molecule has 0 bridgehead atoms. The summed E-state index contributed by atoms with van der Waals surface area (Å²) in [6, 6.07) is 5.38. The number of amides is 1. The van der Waals surface area contributed by atoms with Crippen LogP contribution in [0.15, 0.2) is 18.3 Å². The molecule has 0 spiro atoms. The third-order valence-electron chi connectivity index (χ3n) is 6.58. The van der Waals surface area contributed by atoms with Crippen molar-refractivity contribution >= 4 is 11.7 Å². The molecular weight excluding hydrogens is 338 g/mol. The van der Waals surface area contributed by atoms with Crippen LogP contribution in [0.25, 0.3) is 0 Å². The number of rotatable bonds is 4. The maximum Gasteiger partial charge on any atom is 0.236 e. The number of hydrogen-bond acceptors (Lipinski definition) is 5. The molecule has 1 aromatic heterocycles. The van der Waals surface area contributed by atoms with Gasteiger partial charge in [-0.2, -0.15) is 0 Å². The van der Waals surface area contributed by atoms with Crippen molar-refractivity contribution in [2.75, 3.05) is 57.3 Å². The second kappa shape index (κ2) is 8.15. The molecular formula is C21H33N5O. The van der Waals surface area contributed by atoms with Crippen LogP contribution in [-0.4, -0.2) is 90.0 Å². The first-order valence-corrected chi connectivity index (χ1v) is 10.5. The lowest BCUT2D eigenvalue weighted by molar-refractivity contribution is -0.135. The van der Waals surface area contributed by atoms with Crippen LogP contribution < -0.4 is 4.90 Å². The lowest BCUT2D eigenvalue weighted by Gasteiger charge is -2.44. The lowest BCUT2D eigenvalue weighted by atomic mass is 9.91. The smallest absolute Gasteiger partial charge is 0.236 e. The first-order chi connectivity index (χ1) is 13.1. The summed E-state index contributed by atoms with van der Waals surface area (Å²) in [5.41, 5.74) is 1.19. The van der Waals surface area contributed by atoms with Crippen molar-refractivity contribution in [3.8, 4) is 0 Å². The highest BCUT2D eigenvalue weighted by Gasteiger charge is 2.31. The van der Waals surface area contributed by atoms with Crippen LogP contribution in [0, 0.1) is 6.92 Å². The normalized spacial score (nSPS) is 25.5. The van der Waals surface area contributed by atoms with Crippen molar-refractivity contribution in [3.05, 3.63) is 23.9 Å². The summed E-state index contributed by atoms with van der Waals surface area (Å²) < 4.78 is 0. The van der Waals surface area contributed by atoms with E-state index in [0.29, 0.717) is 18.5 Å².